The average Bonchev–Trinajstić information content (AvgIpc) is 3.20. The van der Waals surface area contributed by atoms with Crippen molar-refractivity contribution in [2.24, 2.45) is 5.92 Å². The lowest BCUT2D eigenvalue weighted by molar-refractivity contribution is -0.146. The van der Waals surface area contributed by atoms with Crippen molar-refractivity contribution in [3.8, 4) is 0 Å². The lowest BCUT2D eigenvalue weighted by Crippen LogP contribution is -2.40. The molecular weight excluding hydrogens is 388 g/mol. The number of hydrogen-bond donors (Lipinski definition) is 1. The molecule has 0 unspecified atom stereocenters. The molecule has 1 aromatic heterocycles. The zero-order valence-electron chi connectivity index (χ0n) is 16.9. The van der Waals surface area contributed by atoms with E-state index in [4.69, 9.17) is 4.74 Å². The van der Waals surface area contributed by atoms with Gasteiger partial charge in [-0.05, 0) is 47.9 Å². The molecule has 0 aliphatic carbocycles. The number of nitrogens with one attached hydrogen (secondary N) is 1. The van der Waals surface area contributed by atoms with Crippen LogP contribution in [0.15, 0.2) is 35.7 Å². The van der Waals surface area contributed by atoms with E-state index < -0.39 is 0 Å². The van der Waals surface area contributed by atoms with Gasteiger partial charge in [0.15, 0.2) is 0 Å². The highest BCUT2D eigenvalue weighted by Crippen LogP contribution is 2.28. The van der Waals surface area contributed by atoms with Crippen molar-refractivity contribution >= 4 is 34.1 Å². The van der Waals surface area contributed by atoms with Gasteiger partial charge < -0.3 is 15.0 Å². The molecule has 1 aliphatic rings. The Morgan fingerprint density at radius 1 is 1.10 bits per heavy atom. The van der Waals surface area contributed by atoms with Crippen LogP contribution in [0.4, 0.5) is 5.00 Å². The van der Waals surface area contributed by atoms with E-state index in [1.807, 2.05) is 12.1 Å². The predicted molar refractivity (Wildman–Crippen MR) is 113 cm³/mol. The summed E-state index contributed by atoms with van der Waals surface area (Å²) in [5, 5.41) is 5.21. The number of nitrogens with zero attached hydrogens (tertiary/aromatic N) is 1. The Morgan fingerprint density at radius 3 is 2.34 bits per heavy atom. The largest absolute Gasteiger partial charge is 0.469 e. The monoisotopic (exact) mass is 414 g/mol. The van der Waals surface area contributed by atoms with Gasteiger partial charge in [0.2, 0.25) is 0 Å². The van der Waals surface area contributed by atoms with Crippen LogP contribution in [0.5, 0.6) is 0 Å². The van der Waals surface area contributed by atoms with E-state index in [1.54, 1.807) is 28.5 Å². The summed E-state index contributed by atoms with van der Waals surface area (Å²) in [7, 11) is 1.39. The first-order valence-electron chi connectivity index (χ1n) is 9.76. The molecule has 0 bridgehead atoms. The molecule has 1 aliphatic heterocycles. The Labute approximate surface area is 174 Å². The Balaban J connectivity index is 1.65. The third-order valence-electron chi connectivity index (χ3n) is 5.28. The van der Waals surface area contributed by atoms with Crippen LogP contribution >= 0.6 is 11.3 Å². The number of thiophene rings is 1. The molecule has 0 spiro atoms. The van der Waals surface area contributed by atoms with Crippen molar-refractivity contribution in [3.05, 3.63) is 52.4 Å². The second-order valence-electron chi connectivity index (χ2n) is 7.48. The number of ether oxygens (including phenoxy) is 1. The number of methoxy groups -OCH3 is 1. The third kappa shape index (κ3) is 4.85. The van der Waals surface area contributed by atoms with E-state index in [1.165, 1.54) is 24.0 Å². The van der Waals surface area contributed by atoms with Gasteiger partial charge in [-0.3, -0.25) is 14.4 Å². The molecule has 29 heavy (non-hydrogen) atoms. The quantitative estimate of drug-likeness (QED) is 0.746. The Bertz CT molecular complexity index is 880. The van der Waals surface area contributed by atoms with Crippen molar-refractivity contribution in [2.45, 2.75) is 32.6 Å². The first-order chi connectivity index (χ1) is 13.9. The van der Waals surface area contributed by atoms with Gasteiger partial charge in [0.1, 0.15) is 5.00 Å². The smallest absolute Gasteiger partial charge is 0.308 e. The van der Waals surface area contributed by atoms with Crippen LogP contribution in [-0.2, 0) is 9.53 Å². The summed E-state index contributed by atoms with van der Waals surface area (Å²) >= 11 is 1.33. The van der Waals surface area contributed by atoms with Crippen LogP contribution in [-0.4, -0.2) is 42.9 Å². The Morgan fingerprint density at radius 2 is 1.76 bits per heavy atom. The lowest BCUT2D eigenvalue weighted by atomic mass is 9.96. The second kappa shape index (κ2) is 9.22. The van der Waals surface area contributed by atoms with E-state index >= 15 is 0 Å². The molecule has 0 radical (unpaired) electrons. The third-order valence-corrected chi connectivity index (χ3v) is 6.11. The normalized spacial score (nSPS) is 14.7. The Kier molecular flexibility index (Phi) is 6.69. The molecule has 7 heteroatoms. The number of anilines is 1. The van der Waals surface area contributed by atoms with Crippen molar-refractivity contribution in [3.63, 3.8) is 0 Å². The van der Waals surface area contributed by atoms with Crippen molar-refractivity contribution < 1.29 is 19.1 Å². The summed E-state index contributed by atoms with van der Waals surface area (Å²) < 4.78 is 4.79. The maximum atomic E-state index is 12.9. The number of esters is 1. The van der Waals surface area contributed by atoms with Crippen LogP contribution in [0.3, 0.4) is 0 Å². The minimum Gasteiger partial charge on any atom is -0.469 e. The topological polar surface area (TPSA) is 75.7 Å². The number of rotatable bonds is 5. The number of benzene rings is 1. The summed E-state index contributed by atoms with van der Waals surface area (Å²) in [6.45, 7) is 5.20. The fourth-order valence-electron chi connectivity index (χ4n) is 3.42. The molecule has 154 valence electrons. The molecular formula is C22H26N2O4S. The molecule has 0 saturated carbocycles. The molecule has 2 amide bonds. The Hall–Kier alpha value is -2.67. The zero-order chi connectivity index (χ0) is 21.0. The average molecular weight is 415 g/mol. The summed E-state index contributed by atoms with van der Waals surface area (Å²) in [5.74, 6) is -0.332. The fraction of sp³-hybridized carbons (Fsp3) is 0.409. The molecule has 1 fully saturated rings. The summed E-state index contributed by atoms with van der Waals surface area (Å²) in [5.41, 5.74) is 2.21. The van der Waals surface area contributed by atoms with Crippen molar-refractivity contribution in [2.75, 3.05) is 25.5 Å². The standard InChI is InChI=1S/C22H26N2O4S/c1-14(2)15-4-6-16(7-5-15)19(25)23-20-18(10-13-29-20)21(26)24-11-8-17(9-12-24)22(27)28-3/h4-7,10,13-14,17H,8-9,11-12H2,1-3H3,(H,23,25). The summed E-state index contributed by atoms with van der Waals surface area (Å²) in [6, 6.07) is 9.24. The summed E-state index contributed by atoms with van der Waals surface area (Å²) in [6.07, 6.45) is 1.18. The van der Waals surface area contributed by atoms with Gasteiger partial charge >= 0.3 is 5.97 Å². The fourth-order valence-corrected chi connectivity index (χ4v) is 4.20. The molecule has 1 aromatic carbocycles. The number of hydrogen-bond acceptors (Lipinski definition) is 5. The second-order valence-corrected chi connectivity index (χ2v) is 8.40. The summed E-state index contributed by atoms with van der Waals surface area (Å²) in [4.78, 5) is 38.9. The molecule has 0 atom stereocenters. The van der Waals surface area contributed by atoms with Crippen LogP contribution < -0.4 is 5.32 Å². The number of carbonyl (C=O) groups excluding carboxylic acids is 3. The van der Waals surface area contributed by atoms with Crippen LogP contribution in [0.1, 0.15) is 58.9 Å². The first kappa shape index (κ1) is 21.0. The highest BCUT2D eigenvalue weighted by atomic mass is 32.1. The number of carbonyl (C=O) groups is 3. The van der Waals surface area contributed by atoms with Crippen molar-refractivity contribution in [1.29, 1.82) is 0 Å². The zero-order valence-corrected chi connectivity index (χ0v) is 17.8. The van der Waals surface area contributed by atoms with Crippen LogP contribution in [0.25, 0.3) is 0 Å². The number of amides is 2. The van der Waals surface area contributed by atoms with Gasteiger partial charge in [-0.25, -0.2) is 0 Å². The van der Waals surface area contributed by atoms with E-state index in [2.05, 4.69) is 19.2 Å². The molecule has 2 aromatic rings. The number of likely N-dealkylation sites (tertiary alicyclic amines) is 1. The van der Waals surface area contributed by atoms with Crippen LogP contribution in [0, 0.1) is 5.92 Å². The highest BCUT2D eigenvalue weighted by Gasteiger charge is 2.29. The molecule has 2 heterocycles. The van der Waals surface area contributed by atoms with Gasteiger partial charge in [-0.15, -0.1) is 11.3 Å². The molecule has 3 rings (SSSR count). The van der Waals surface area contributed by atoms with Gasteiger partial charge in [0.05, 0.1) is 18.6 Å². The van der Waals surface area contributed by atoms with Gasteiger partial charge in [0.25, 0.3) is 11.8 Å². The molecule has 1 saturated heterocycles. The maximum absolute atomic E-state index is 12.9. The van der Waals surface area contributed by atoms with Gasteiger partial charge in [-0.1, -0.05) is 26.0 Å². The van der Waals surface area contributed by atoms with E-state index in [0.29, 0.717) is 48.0 Å². The van der Waals surface area contributed by atoms with Crippen LogP contribution in [0.2, 0.25) is 0 Å². The van der Waals surface area contributed by atoms with E-state index in [9.17, 15) is 14.4 Å². The molecule has 6 nitrogen and oxygen atoms in total. The predicted octanol–water partition coefficient (Wildman–Crippen LogP) is 4.15. The van der Waals surface area contributed by atoms with Gasteiger partial charge in [0, 0.05) is 18.7 Å². The van der Waals surface area contributed by atoms with E-state index in [0.717, 1.165) is 0 Å². The highest BCUT2D eigenvalue weighted by molar-refractivity contribution is 7.14. The first-order valence-corrected chi connectivity index (χ1v) is 10.6. The van der Waals surface area contributed by atoms with E-state index in [-0.39, 0.29) is 23.7 Å². The SMILES string of the molecule is COC(=O)C1CCN(C(=O)c2ccsc2NC(=O)c2ccc(C(C)C)cc2)CC1. The van der Waals surface area contributed by atoms with Gasteiger partial charge in [-0.2, -0.15) is 0 Å². The number of piperidine rings is 1. The lowest BCUT2D eigenvalue weighted by Gasteiger charge is -2.30. The minimum atomic E-state index is -0.235. The van der Waals surface area contributed by atoms with Crippen molar-refractivity contribution in [1.82, 2.24) is 4.90 Å². The maximum Gasteiger partial charge on any atom is 0.308 e. The molecule has 1 N–H and O–H groups in total. The minimum absolute atomic E-state index is 0.125.